The Morgan fingerprint density at radius 3 is 1.63 bits per heavy atom. The van der Waals surface area contributed by atoms with Gasteiger partial charge in [-0.1, -0.05) is 68.2 Å². The van der Waals surface area contributed by atoms with E-state index in [1.807, 2.05) is 69.3 Å². The first kappa shape index (κ1) is 22.7. The Hall–Kier alpha value is -2.00. The smallest absolute Gasteiger partial charge is 0.102 e. The lowest BCUT2D eigenvalue weighted by Crippen LogP contribution is -2.24. The molecule has 0 bridgehead atoms. The van der Waals surface area contributed by atoms with Crippen LogP contribution >= 0.6 is 23.2 Å². The van der Waals surface area contributed by atoms with Crippen LogP contribution in [0.25, 0.3) is 22.3 Å². The Morgan fingerprint density at radius 1 is 0.667 bits per heavy atom. The molecule has 0 atom stereocenters. The van der Waals surface area contributed by atoms with Crippen LogP contribution < -0.4 is 5.48 Å². The van der Waals surface area contributed by atoms with Crippen LogP contribution in [0.5, 0.6) is 0 Å². The van der Waals surface area contributed by atoms with E-state index in [-0.39, 0.29) is 11.0 Å². The molecule has 0 fully saturated rings. The molecule has 0 aliphatic rings. The Balaban J connectivity index is 2.26. The van der Waals surface area contributed by atoms with Gasteiger partial charge in [0.2, 0.25) is 0 Å². The van der Waals surface area contributed by atoms with Gasteiger partial charge in [0.15, 0.2) is 0 Å². The van der Waals surface area contributed by atoms with Crippen molar-refractivity contribution in [2.24, 2.45) is 0 Å². The molecule has 2 nitrogen and oxygen atoms in total. The summed E-state index contributed by atoms with van der Waals surface area (Å²) in [5.41, 5.74) is 10.3. The summed E-state index contributed by atoms with van der Waals surface area (Å²) in [6, 6.07) is 20.1. The Bertz CT molecular complexity index is 1010. The van der Waals surface area contributed by atoms with E-state index in [2.05, 4.69) is 38.4 Å². The summed E-state index contributed by atoms with van der Waals surface area (Å²) in [6.45, 7) is 12.6. The van der Waals surface area contributed by atoms with E-state index < -0.39 is 0 Å². The third-order valence-electron chi connectivity index (χ3n) is 4.66. The lowest BCUT2D eigenvalue weighted by molar-refractivity contribution is -0.0548. The zero-order chi connectivity index (χ0) is 22.1. The lowest BCUT2D eigenvalue weighted by Gasteiger charge is -2.27. The number of rotatable bonds is 4. The predicted octanol–water partition coefficient (Wildman–Crippen LogP) is 8.59. The van der Waals surface area contributed by atoms with Gasteiger partial charge >= 0.3 is 0 Å². The molecule has 0 aliphatic carbocycles. The fourth-order valence-corrected chi connectivity index (χ4v) is 3.40. The Labute approximate surface area is 190 Å². The van der Waals surface area contributed by atoms with Crippen molar-refractivity contribution in [1.29, 1.82) is 0 Å². The zero-order valence-corrected chi connectivity index (χ0v) is 19.9. The SMILES string of the molecule is CC(C)(C)O[N]c1c(-c2ccc(Cl)cc2)cc(-c2ccc(Cl)cc2)cc1C(C)(C)C. The molecule has 4 heteroatoms. The van der Waals surface area contributed by atoms with E-state index in [0.29, 0.717) is 5.02 Å². The second kappa shape index (κ2) is 8.63. The maximum Gasteiger partial charge on any atom is 0.102 e. The molecule has 0 saturated heterocycles. The predicted molar refractivity (Wildman–Crippen MR) is 129 cm³/mol. The van der Waals surface area contributed by atoms with Crippen molar-refractivity contribution in [2.75, 3.05) is 0 Å². The number of halogens is 2. The van der Waals surface area contributed by atoms with Crippen LogP contribution in [-0.2, 0) is 10.3 Å². The van der Waals surface area contributed by atoms with Crippen molar-refractivity contribution in [3.8, 4) is 22.3 Å². The summed E-state index contributed by atoms with van der Waals surface area (Å²) in [5.74, 6) is 0. The monoisotopic (exact) mass is 440 g/mol. The molecule has 1 radical (unpaired) electrons. The molecule has 0 aromatic heterocycles. The normalized spacial score (nSPS) is 12.1. The third-order valence-corrected chi connectivity index (χ3v) is 5.17. The molecule has 0 aliphatic heterocycles. The topological polar surface area (TPSA) is 23.3 Å². The van der Waals surface area contributed by atoms with Crippen LogP contribution in [-0.4, -0.2) is 5.60 Å². The Kier molecular flexibility index (Phi) is 6.52. The number of hydrogen-bond acceptors (Lipinski definition) is 1. The average Bonchev–Trinajstić information content (AvgIpc) is 2.66. The summed E-state index contributed by atoms with van der Waals surface area (Å²) in [7, 11) is 0. The van der Waals surface area contributed by atoms with Crippen molar-refractivity contribution < 1.29 is 4.84 Å². The molecule has 0 saturated carbocycles. The first-order valence-corrected chi connectivity index (χ1v) is 10.8. The van der Waals surface area contributed by atoms with Gasteiger partial charge in [0, 0.05) is 15.6 Å². The van der Waals surface area contributed by atoms with Crippen molar-refractivity contribution in [3.63, 3.8) is 0 Å². The van der Waals surface area contributed by atoms with Gasteiger partial charge in [-0.2, -0.15) is 0 Å². The number of hydrogen-bond donors (Lipinski definition) is 0. The average molecular weight is 441 g/mol. The van der Waals surface area contributed by atoms with Crippen LogP contribution in [0.4, 0.5) is 5.69 Å². The summed E-state index contributed by atoms with van der Waals surface area (Å²) in [4.78, 5) is 5.88. The van der Waals surface area contributed by atoms with Gasteiger partial charge in [0.1, 0.15) is 5.69 Å². The summed E-state index contributed by atoms with van der Waals surface area (Å²) < 4.78 is 0. The lowest BCUT2D eigenvalue weighted by atomic mass is 9.81. The quantitative estimate of drug-likeness (QED) is 0.372. The zero-order valence-electron chi connectivity index (χ0n) is 18.4. The molecule has 0 spiro atoms. The van der Waals surface area contributed by atoms with Crippen molar-refractivity contribution >= 4 is 28.9 Å². The molecular weight excluding hydrogens is 413 g/mol. The minimum Gasteiger partial charge on any atom is -0.246 e. The molecule has 0 amide bonds. The molecule has 157 valence electrons. The maximum absolute atomic E-state index is 6.15. The second-order valence-electron chi connectivity index (χ2n) is 9.48. The van der Waals surface area contributed by atoms with Crippen molar-refractivity contribution in [3.05, 3.63) is 76.3 Å². The minimum absolute atomic E-state index is 0.135. The molecule has 3 aromatic rings. The van der Waals surface area contributed by atoms with Crippen molar-refractivity contribution in [2.45, 2.75) is 52.6 Å². The summed E-state index contributed by atoms with van der Waals surface area (Å²) >= 11 is 12.3. The fraction of sp³-hybridized carbons (Fsp3) is 0.308. The minimum atomic E-state index is -0.388. The molecule has 30 heavy (non-hydrogen) atoms. The number of benzene rings is 3. The molecule has 3 rings (SSSR count). The highest BCUT2D eigenvalue weighted by atomic mass is 35.5. The van der Waals surface area contributed by atoms with Crippen LogP contribution in [0.15, 0.2) is 60.7 Å². The molecule has 0 unspecified atom stereocenters. The first-order valence-electron chi connectivity index (χ1n) is 10.0. The molecular formula is C26H28Cl2NO. The fourth-order valence-electron chi connectivity index (χ4n) is 3.15. The Morgan fingerprint density at radius 2 is 1.17 bits per heavy atom. The van der Waals surface area contributed by atoms with E-state index in [1.54, 1.807) is 0 Å². The summed E-state index contributed by atoms with van der Waals surface area (Å²) in [6.07, 6.45) is 0. The maximum atomic E-state index is 6.15. The first-order chi connectivity index (χ1) is 13.9. The van der Waals surface area contributed by atoms with Crippen LogP contribution in [0.3, 0.4) is 0 Å². The molecule has 3 aromatic carbocycles. The van der Waals surface area contributed by atoms with E-state index in [0.717, 1.165) is 38.5 Å². The van der Waals surface area contributed by atoms with Gasteiger partial charge in [-0.25, -0.2) is 4.84 Å². The van der Waals surface area contributed by atoms with Crippen molar-refractivity contribution in [1.82, 2.24) is 5.48 Å². The summed E-state index contributed by atoms with van der Waals surface area (Å²) in [5, 5.41) is 1.42. The van der Waals surface area contributed by atoms with E-state index in [1.165, 1.54) is 0 Å². The second-order valence-corrected chi connectivity index (χ2v) is 10.4. The van der Waals surface area contributed by atoms with Gasteiger partial charge < -0.3 is 0 Å². The molecule has 0 N–H and O–H groups in total. The molecule has 0 heterocycles. The van der Waals surface area contributed by atoms with Crippen LogP contribution in [0, 0.1) is 0 Å². The highest BCUT2D eigenvalue weighted by Crippen LogP contribution is 2.42. The van der Waals surface area contributed by atoms with Gasteiger partial charge in [0.25, 0.3) is 0 Å². The van der Waals surface area contributed by atoms with E-state index in [9.17, 15) is 0 Å². The largest absolute Gasteiger partial charge is 0.246 e. The number of nitrogens with zero attached hydrogens (tertiary/aromatic N) is 1. The third kappa shape index (κ3) is 5.57. The highest BCUT2D eigenvalue weighted by Gasteiger charge is 2.25. The van der Waals surface area contributed by atoms with Gasteiger partial charge in [-0.3, -0.25) is 0 Å². The highest BCUT2D eigenvalue weighted by molar-refractivity contribution is 6.31. The van der Waals surface area contributed by atoms with E-state index in [4.69, 9.17) is 28.0 Å². The van der Waals surface area contributed by atoms with Gasteiger partial charge in [-0.05, 0) is 84.8 Å². The van der Waals surface area contributed by atoms with Crippen LogP contribution in [0.2, 0.25) is 10.0 Å². The van der Waals surface area contributed by atoms with Gasteiger partial charge in [-0.15, -0.1) is 5.48 Å². The van der Waals surface area contributed by atoms with E-state index >= 15 is 0 Å². The van der Waals surface area contributed by atoms with Crippen LogP contribution in [0.1, 0.15) is 47.1 Å². The standard InChI is InChI=1S/C26H28Cl2NO/c1-25(2,3)23-16-19(17-7-11-20(27)12-8-17)15-22(18-9-13-21(28)14-10-18)24(23)29-30-26(4,5)6/h7-16H,1-6H3. The van der Waals surface area contributed by atoms with Gasteiger partial charge in [0.05, 0.1) is 5.60 Å².